The molecule has 0 spiro atoms. The van der Waals surface area contributed by atoms with Gasteiger partial charge in [0.2, 0.25) is 0 Å². The maximum atomic E-state index is 9.89. The fraction of sp³-hybridized carbons (Fsp3) is 0.700. The van der Waals surface area contributed by atoms with Crippen LogP contribution in [0.3, 0.4) is 0 Å². The molecule has 0 saturated carbocycles. The van der Waals surface area contributed by atoms with Crippen molar-refractivity contribution >= 4 is 0 Å². The molecular formula is C20H36N2O4. The molecule has 0 fully saturated rings. The molecule has 0 aliphatic carbocycles. The van der Waals surface area contributed by atoms with Crippen LogP contribution in [0.5, 0.6) is 0 Å². The maximum absolute atomic E-state index is 9.89. The fourth-order valence-electron chi connectivity index (χ4n) is 3.34. The van der Waals surface area contributed by atoms with Crippen molar-refractivity contribution in [1.82, 2.24) is 4.90 Å². The molecule has 4 unspecified atom stereocenters. The van der Waals surface area contributed by atoms with Gasteiger partial charge < -0.3 is 26.2 Å². The minimum atomic E-state index is -0.502. The molecule has 0 radical (unpaired) electrons. The van der Waals surface area contributed by atoms with Crippen LogP contribution in [-0.4, -0.2) is 62.8 Å². The third kappa shape index (κ3) is 8.12. The van der Waals surface area contributed by atoms with Crippen LogP contribution in [0.4, 0.5) is 0 Å². The molecule has 1 rings (SSSR count). The summed E-state index contributed by atoms with van der Waals surface area (Å²) in [6, 6.07) is 4.06. The smallest absolute Gasteiger partial charge is 0.0639 e. The molecule has 4 atom stereocenters. The molecule has 1 aromatic carbocycles. The SMILES string of the molecule is CC(O)Cc1cc(CC(C)O)c(CN(CC(C)O)CC(C)O)cc1CN. The Hall–Kier alpha value is -1.02. The Morgan fingerprint density at radius 1 is 0.731 bits per heavy atom. The third-order valence-corrected chi connectivity index (χ3v) is 4.21. The summed E-state index contributed by atoms with van der Waals surface area (Å²) in [5, 5.41) is 39.2. The number of aliphatic hydroxyl groups excluding tert-OH is 4. The van der Waals surface area contributed by atoms with Crippen molar-refractivity contribution < 1.29 is 20.4 Å². The molecule has 0 saturated heterocycles. The fourth-order valence-corrected chi connectivity index (χ4v) is 3.34. The molecule has 0 bridgehead atoms. The predicted octanol–water partition coefficient (Wildman–Crippen LogP) is 0.556. The molecule has 0 aromatic heterocycles. The van der Waals surface area contributed by atoms with Crippen LogP contribution in [-0.2, 0) is 25.9 Å². The van der Waals surface area contributed by atoms with E-state index in [0.717, 1.165) is 22.3 Å². The van der Waals surface area contributed by atoms with Gasteiger partial charge in [-0.2, -0.15) is 0 Å². The Balaban J connectivity index is 3.22. The third-order valence-electron chi connectivity index (χ3n) is 4.21. The van der Waals surface area contributed by atoms with E-state index >= 15 is 0 Å². The van der Waals surface area contributed by atoms with Gasteiger partial charge in [-0.25, -0.2) is 0 Å². The van der Waals surface area contributed by atoms with E-state index in [1.54, 1.807) is 27.7 Å². The van der Waals surface area contributed by atoms with Crippen molar-refractivity contribution in [1.29, 1.82) is 0 Å². The zero-order chi connectivity index (χ0) is 19.9. The van der Waals surface area contributed by atoms with Crippen LogP contribution in [0.2, 0.25) is 0 Å². The van der Waals surface area contributed by atoms with Gasteiger partial charge in [0.25, 0.3) is 0 Å². The second-order valence-corrected chi connectivity index (χ2v) is 7.59. The molecular weight excluding hydrogens is 332 g/mol. The number of nitrogens with two attached hydrogens (primary N) is 1. The second-order valence-electron chi connectivity index (χ2n) is 7.59. The van der Waals surface area contributed by atoms with E-state index < -0.39 is 24.4 Å². The minimum Gasteiger partial charge on any atom is -0.393 e. The van der Waals surface area contributed by atoms with Gasteiger partial charge in [-0.05, 0) is 62.8 Å². The standard InChI is InChI=1S/C20H36N2O4/c1-13(23)5-17-7-18(6-14(2)24)20(8-19(17)9-21)12-22(10-15(3)25)11-16(4)26/h7-8,13-16,23-26H,5-6,9-12,21H2,1-4H3. The van der Waals surface area contributed by atoms with Crippen molar-refractivity contribution in [3.63, 3.8) is 0 Å². The number of rotatable bonds is 11. The summed E-state index contributed by atoms with van der Waals surface area (Å²) in [7, 11) is 0. The van der Waals surface area contributed by atoms with Crippen LogP contribution < -0.4 is 5.73 Å². The van der Waals surface area contributed by atoms with E-state index in [4.69, 9.17) is 5.73 Å². The van der Waals surface area contributed by atoms with Gasteiger partial charge in [-0.15, -0.1) is 0 Å². The summed E-state index contributed by atoms with van der Waals surface area (Å²) in [5.74, 6) is 0. The Labute approximate surface area is 157 Å². The van der Waals surface area contributed by atoms with Crippen molar-refractivity contribution in [2.24, 2.45) is 5.73 Å². The second kappa shape index (κ2) is 11.0. The quantitative estimate of drug-likeness (QED) is 0.390. The maximum Gasteiger partial charge on any atom is 0.0639 e. The first-order chi connectivity index (χ1) is 12.1. The molecule has 0 aliphatic rings. The number of hydrogen-bond acceptors (Lipinski definition) is 6. The summed E-state index contributed by atoms with van der Waals surface area (Å²) in [6.45, 7) is 8.77. The highest BCUT2D eigenvalue weighted by Gasteiger charge is 2.17. The van der Waals surface area contributed by atoms with Crippen LogP contribution in [0.1, 0.15) is 49.9 Å². The molecule has 6 nitrogen and oxygen atoms in total. The molecule has 1 aromatic rings. The van der Waals surface area contributed by atoms with Gasteiger partial charge in [0.15, 0.2) is 0 Å². The average molecular weight is 369 g/mol. The van der Waals surface area contributed by atoms with Gasteiger partial charge in [0.05, 0.1) is 24.4 Å². The summed E-state index contributed by atoms with van der Waals surface area (Å²) in [5.41, 5.74) is 9.93. The number of nitrogens with zero attached hydrogens (tertiary/aromatic N) is 1. The molecule has 6 heteroatoms. The van der Waals surface area contributed by atoms with Gasteiger partial charge in [-0.1, -0.05) is 12.1 Å². The largest absolute Gasteiger partial charge is 0.393 e. The van der Waals surface area contributed by atoms with Crippen LogP contribution >= 0.6 is 0 Å². The van der Waals surface area contributed by atoms with Crippen molar-refractivity contribution in [3.05, 3.63) is 34.4 Å². The van der Waals surface area contributed by atoms with Crippen LogP contribution in [0.15, 0.2) is 12.1 Å². The van der Waals surface area contributed by atoms with E-state index in [0.29, 0.717) is 39.0 Å². The van der Waals surface area contributed by atoms with Crippen LogP contribution in [0, 0.1) is 0 Å². The highest BCUT2D eigenvalue weighted by molar-refractivity contribution is 5.39. The lowest BCUT2D eigenvalue weighted by molar-refractivity contribution is 0.0790. The summed E-state index contributed by atoms with van der Waals surface area (Å²) >= 11 is 0. The molecule has 0 aliphatic heterocycles. The monoisotopic (exact) mass is 368 g/mol. The Morgan fingerprint density at radius 2 is 1.15 bits per heavy atom. The lowest BCUT2D eigenvalue weighted by Crippen LogP contribution is -2.36. The Morgan fingerprint density at radius 3 is 1.54 bits per heavy atom. The number of hydrogen-bond donors (Lipinski definition) is 5. The molecule has 26 heavy (non-hydrogen) atoms. The first-order valence-corrected chi connectivity index (χ1v) is 9.40. The van der Waals surface area contributed by atoms with E-state index in [1.807, 2.05) is 17.0 Å². The van der Waals surface area contributed by atoms with E-state index in [2.05, 4.69) is 0 Å². The lowest BCUT2D eigenvalue weighted by Gasteiger charge is -2.27. The lowest BCUT2D eigenvalue weighted by atomic mass is 9.92. The molecule has 0 heterocycles. The van der Waals surface area contributed by atoms with E-state index in [9.17, 15) is 20.4 Å². The summed E-state index contributed by atoms with van der Waals surface area (Å²) in [6.07, 6.45) is -0.934. The number of aliphatic hydroxyl groups is 4. The zero-order valence-corrected chi connectivity index (χ0v) is 16.5. The highest BCUT2D eigenvalue weighted by Crippen LogP contribution is 2.22. The highest BCUT2D eigenvalue weighted by atomic mass is 16.3. The van der Waals surface area contributed by atoms with Gasteiger partial charge in [0.1, 0.15) is 0 Å². The van der Waals surface area contributed by atoms with Gasteiger partial charge in [-0.3, -0.25) is 4.90 Å². The Kier molecular flexibility index (Phi) is 9.71. The molecule has 150 valence electrons. The van der Waals surface area contributed by atoms with Crippen molar-refractivity contribution in [3.8, 4) is 0 Å². The molecule has 0 amide bonds. The van der Waals surface area contributed by atoms with E-state index in [-0.39, 0.29) is 0 Å². The average Bonchev–Trinajstić information content (AvgIpc) is 2.47. The van der Waals surface area contributed by atoms with E-state index in [1.165, 1.54) is 0 Å². The number of benzene rings is 1. The molecule has 6 N–H and O–H groups in total. The Bertz CT molecular complexity index is 535. The predicted molar refractivity (Wildman–Crippen MR) is 104 cm³/mol. The van der Waals surface area contributed by atoms with Crippen molar-refractivity contribution in [2.75, 3.05) is 13.1 Å². The first kappa shape index (κ1) is 23.0. The topological polar surface area (TPSA) is 110 Å². The summed E-state index contributed by atoms with van der Waals surface area (Å²) < 4.78 is 0. The minimum absolute atomic E-state index is 0.372. The van der Waals surface area contributed by atoms with Gasteiger partial charge in [0, 0.05) is 26.2 Å². The van der Waals surface area contributed by atoms with Crippen molar-refractivity contribution in [2.45, 2.75) is 78.0 Å². The normalized spacial score (nSPS) is 16.5. The van der Waals surface area contributed by atoms with Crippen LogP contribution in [0.25, 0.3) is 0 Å². The first-order valence-electron chi connectivity index (χ1n) is 9.40. The summed E-state index contributed by atoms with van der Waals surface area (Å²) in [4.78, 5) is 2.00. The zero-order valence-electron chi connectivity index (χ0n) is 16.5. The van der Waals surface area contributed by atoms with Gasteiger partial charge >= 0.3 is 0 Å².